The zero-order valence-corrected chi connectivity index (χ0v) is 13.8. The highest BCUT2D eigenvalue weighted by Crippen LogP contribution is 2.30. The molecule has 2 aromatic rings. The number of rotatable bonds is 6. The maximum absolute atomic E-state index is 12.3. The van der Waals surface area contributed by atoms with Gasteiger partial charge in [-0.25, -0.2) is 0 Å². The highest BCUT2D eigenvalue weighted by Gasteiger charge is 2.15. The van der Waals surface area contributed by atoms with E-state index in [1.165, 1.54) is 31.4 Å². The minimum absolute atomic E-state index is 0.157. The number of nitrogens with zero attached hydrogens (tertiary/aromatic N) is 1. The van der Waals surface area contributed by atoms with E-state index < -0.39 is 10.8 Å². The number of hydrogen-bond acceptors (Lipinski definition) is 5. The Hall–Kier alpha value is -2.80. The van der Waals surface area contributed by atoms with Gasteiger partial charge in [-0.2, -0.15) is 0 Å². The molecule has 126 valence electrons. The van der Waals surface area contributed by atoms with E-state index >= 15 is 0 Å². The fourth-order valence-corrected chi connectivity index (χ4v) is 2.25. The molecular formula is C16H15ClN2O5. The van der Waals surface area contributed by atoms with E-state index in [0.29, 0.717) is 23.1 Å². The van der Waals surface area contributed by atoms with Crippen molar-refractivity contribution in [3.8, 4) is 11.5 Å². The smallest absolute Gasteiger partial charge is 0.271 e. The molecule has 0 bridgehead atoms. The number of nitro benzene ring substituents is 1. The number of benzene rings is 2. The van der Waals surface area contributed by atoms with Gasteiger partial charge in [-0.05, 0) is 31.2 Å². The summed E-state index contributed by atoms with van der Waals surface area (Å²) in [6.07, 6.45) is 0. The Morgan fingerprint density at radius 2 is 1.96 bits per heavy atom. The van der Waals surface area contributed by atoms with Gasteiger partial charge in [0.2, 0.25) is 0 Å². The summed E-state index contributed by atoms with van der Waals surface area (Å²) in [5.41, 5.74) is 0.328. The van der Waals surface area contributed by atoms with Crippen molar-refractivity contribution in [3.63, 3.8) is 0 Å². The van der Waals surface area contributed by atoms with Crippen molar-refractivity contribution in [2.75, 3.05) is 19.0 Å². The number of anilines is 1. The maximum Gasteiger partial charge on any atom is 0.271 e. The standard InChI is InChI=1S/C16H15ClN2O5/c1-3-24-14-6-4-10(8-12(14)17)16(20)18-13-9-11(19(21)22)5-7-15(13)23-2/h4-9H,3H2,1-2H3,(H,18,20). The lowest BCUT2D eigenvalue weighted by Gasteiger charge is -2.11. The van der Waals surface area contributed by atoms with Crippen molar-refractivity contribution in [3.05, 3.63) is 57.1 Å². The lowest BCUT2D eigenvalue weighted by molar-refractivity contribution is -0.384. The van der Waals surface area contributed by atoms with Crippen LogP contribution < -0.4 is 14.8 Å². The Bertz CT molecular complexity index is 779. The Balaban J connectivity index is 2.27. The van der Waals surface area contributed by atoms with Crippen LogP contribution in [0.15, 0.2) is 36.4 Å². The van der Waals surface area contributed by atoms with E-state index in [2.05, 4.69) is 5.32 Å². The van der Waals surface area contributed by atoms with E-state index in [4.69, 9.17) is 21.1 Å². The summed E-state index contributed by atoms with van der Waals surface area (Å²) in [6.45, 7) is 2.28. The summed E-state index contributed by atoms with van der Waals surface area (Å²) in [4.78, 5) is 22.7. The summed E-state index contributed by atoms with van der Waals surface area (Å²) in [5, 5.41) is 13.8. The van der Waals surface area contributed by atoms with Crippen LogP contribution in [0, 0.1) is 10.1 Å². The second-order valence-corrected chi connectivity index (χ2v) is 5.08. The van der Waals surface area contributed by atoms with Crippen molar-refractivity contribution in [1.29, 1.82) is 0 Å². The predicted octanol–water partition coefficient (Wildman–Crippen LogP) is 3.91. The monoisotopic (exact) mass is 350 g/mol. The van der Waals surface area contributed by atoms with Gasteiger partial charge in [0.15, 0.2) is 0 Å². The fraction of sp³-hybridized carbons (Fsp3) is 0.188. The number of amides is 1. The van der Waals surface area contributed by atoms with Gasteiger partial charge >= 0.3 is 0 Å². The van der Waals surface area contributed by atoms with E-state index in [1.54, 1.807) is 12.1 Å². The van der Waals surface area contributed by atoms with E-state index in [1.807, 2.05) is 6.92 Å². The average Bonchev–Trinajstić information content (AvgIpc) is 2.56. The summed E-state index contributed by atoms with van der Waals surface area (Å²) >= 11 is 6.06. The molecule has 8 heteroatoms. The van der Waals surface area contributed by atoms with Crippen molar-refractivity contribution in [2.24, 2.45) is 0 Å². The molecule has 7 nitrogen and oxygen atoms in total. The van der Waals surface area contributed by atoms with Gasteiger partial charge in [-0.15, -0.1) is 0 Å². The van der Waals surface area contributed by atoms with Crippen LogP contribution in [0.5, 0.6) is 11.5 Å². The number of ether oxygens (including phenoxy) is 2. The number of carbonyl (C=O) groups excluding carboxylic acids is 1. The van der Waals surface area contributed by atoms with Gasteiger partial charge in [-0.1, -0.05) is 11.6 Å². The predicted molar refractivity (Wildman–Crippen MR) is 90.2 cm³/mol. The largest absolute Gasteiger partial charge is 0.495 e. The van der Waals surface area contributed by atoms with Crippen molar-refractivity contribution < 1.29 is 19.2 Å². The molecule has 0 aliphatic rings. The minimum Gasteiger partial charge on any atom is -0.495 e. The molecule has 0 saturated heterocycles. The van der Waals surface area contributed by atoms with E-state index in [-0.39, 0.29) is 16.9 Å². The third-order valence-electron chi connectivity index (χ3n) is 3.14. The summed E-state index contributed by atoms with van der Waals surface area (Å²) < 4.78 is 10.4. The fourth-order valence-electron chi connectivity index (χ4n) is 2.02. The number of nitrogens with one attached hydrogen (secondary N) is 1. The third kappa shape index (κ3) is 3.94. The normalized spacial score (nSPS) is 10.1. The molecule has 0 fully saturated rings. The number of hydrogen-bond donors (Lipinski definition) is 1. The first-order valence-corrected chi connectivity index (χ1v) is 7.40. The zero-order chi connectivity index (χ0) is 17.7. The van der Waals surface area contributed by atoms with Gasteiger partial charge in [0.25, 0.3) is 11.6 Å². The van der Waals surface area contributed by atoms with Crippen LogP contribution >= 0.6 is 11.6 Å². The molecule has 0 unspecified atom stereocenters. The minimum atomic E-state index is -0.553. The molecule has 0 spiro atoms. The maximum atomic E-state index is 12.3. The van der Waals surface area contributed by atoms with Crippen LogP contribution in [-0.2, 0) is 0 Å². The summed E-state index contributed by atoms with van der Waals surface area (Å²) in [6, 6.07) is 8.54. The molecule has 24 heavy (non-hydrogen) atoms. The van der Waals surface area contributed by atoms with Crippen molar-refractivity contribution >= 4 is 28.9 Å². The first-order chi connectivity index (χ1) is 11.5. The van der Waals surface area contributed by atoms with Crippen LogP contribution in [0.4, 0.5) is 11.4 Å². The van der Waals surface area contributed by atoms with Gasteiger partial charge in [0, 0.05) is 17.7 Å². The van der Waals surface area contributed by atoms with Gasteiger partial charge in [0.1, 0.15) is 11.5 Å². The van der Waals surface area contributed by atoms with E-state index in [9.17, 15) is 14.9 Å². The molecule has 0 aliphatic heterocycles. The molecular weight excluding hydrogens is 336 g/mol. The molecule has 1 N–H and O–H groups in total. The highest BCUT2D eigenvalue weighted by atomic mass is 35.5. The lowest BCUT2D eigenvalue weighted by atomic mass is 10.2. The summed E-state index contributed by atoms with van der Waals surface area (Å²) in [7, 11) is 1.41. The third-order valence-corrected chi connectivity index (χ3v) is 3.43. The Morgan fingerprint density at radius 3 is 2.54 bits per heavy atom. The Kier molecular flexibility index (Phi) is 5.59. The number of carbonyl (C=O) groups is 1. The van der Waals surface area contributed by atoms with Crippen molar-refractivity contribution in [1.82, 2.24) is 0 Å². The zero-order valence-electron chi connectivity index (χ0n) is 13.0. The Labute approximate surface area is 143 Å². The average molecular weight is 351 g/mol. The number of nitro groups is 1. The van der Waals surface area contributed by atoms with Crippen LogP contribution in [0.3, 0.4) is 0 Å². The lowest BCUT2D eigenvalue weighted by Crippen LogP contribution is -2.13. The molecule has 0 atom stereocenters. The van der Waals surface area contributed by atoms with Crippen molar-refractivity contribution in [2.45, 2.75) is 6.92 Å². The molecule has 1 amide bonds. The van der Waals surface area contributed by atoms with Crippen LogP contribution in [0.1, 0.15) is 17.3 Å². The first-order valence-electron chi connectivity index (χ1n) is 7.02. The number of methoxy groups -OCH3 is 1. The molecule has 0 heterocycles. The molecule has 2 aromatic carbocycles. The Morgan fingerprint density at radius 1 is 1.25 bits per heavy atom. The second kappa shape index (κ2) is 7.65. The second-order valence-electron chi connectivity index (χ2n) is 4.67. The molecule has 0 radical (unpaired) electrons. The summed E-state index contributed by atoms with van der Waals surface area (Å²) in [5.74, 6) is 0.313. The molecule has 2 rings (SSSR count). The molecule has 0 aromatic heterocycles. The van der Waals surface area contributed by atoms with Crippen LogP contribution in [0.2, 0.25) is 5.02 Å². The number of halogens is 1. The molecule has 0 aliphatic carbocycles. The first kappa shape index (κ1) is 17.6. The van der Waals surface area contributed by atoms with Gasteiger partial charge in [0.05, 0.1) is 29.4 Å². The van der Waals surface area contributed by atoms with Gasteiger partial charge in [-0.3, -0.25) is 14.9 Å². The SMILES string of the molecule is CCOc1ccc(C(=O)Nc2cc([N+](=O)[O-])ccc2OC)cc1Cl. The van der Waals surface area contributed by atoms with E-state index in [0.717, 1.165) is 0 Å². The highest BCUT2D eigenvalue weighted by molar-refractivity contribution is 6.32. The number of non-ortho nitro benzene ring substituents is 1. The topological polar surface area (TPSA) is 90.7 Å². The van der Waals surface area contributed by atoms with Crippen LogP contribution in [0.25, 0.3) is 0 Å². The van der Waals surface area contributed by atoms with Gasteiger partial charge < -0.3 is 14.8 Å². The quantitative estimate of drug-likeness (QED) is 0.630. The van der Waals surface area contributed by atoms with Crippen LogP contribution in [-0.4, -0.2) is 24.5 Å². The molecule has 0 saturated carbocycles.